The molecule has 2 rings (SSSR count). The molecule has 0 aliphatic heterocycles. The van der Waals surface area contributed by atoms with Crippen LogP contribution in [0.4, 0.5) is 5.82 Å². The van der Waals surface area contributed by atoms with Crippen LogP contribution in [0.5, 0.6) is 0 Å². The predicted octanol–water partition coefficient (Wildman–Crippen LogP) is -0.228. The van der Waals surface area contributed by atoms with Gasteiger partial charge in [0.2, 0.25) is 10.0 Å². The zero-order chi connectivity index (χ0) is 10.2. The van der Waals surface area contributed by atoms with Crippen molar-refractivity contribution in [2.75, 3.05) is 4.72 Å². The predicted molar refractivity (Wildman–Crippen MR) is 52.0 cm³/mol. The van der Waals surface area contributed by atoms with E-state index in [1.165, 1.54) is 6.20 Å². The molecular formula is C7H12N4O2S. The molecule has 78 valence electrons. The van der Waals surface area contributed by atoms with Crippen LogP contribution in [-0.4, -0.2) is 23.9 Å². The number of aromatic nitrogens is 2. The van der Waals surface area contributed by atoms with Crippen LogP contribution in [0.25, 0.3) is 0 Å². The third-order valence-electron chi connectivity index (χ3n) is 2.15. The Morgan fingerprint density at radius 1 is 1.64 bits per heavy atom. The van der Waals surface area contributed by atoms with Crippen LogP contribution in [0.3, 0.4) is 0 Å². The van der Waals surface area contributed by atoms with Crippen molar-refractivity contribution in [1.82, 2.24) is 10.2 Å². The van der Waals surface area contributed by atoms with E-state index in [0.29, 0.717) is 11.4 Å². The largest absolute Gasteiger partial charge is 0.326 e. The van der Waals surface area contributed by atoms with Crippen LogP contribution in [0.2, 0.25) is 0 Å². The summed E-state index contributed by atoms with van der Waals surface area (Å²) < 4.78 is 25.5. The first-order valence-electron chi connectivity index (χ1n) is 4.37. The Morgan fingerprint density at radius 2 is 2.36 bits per heavy atom. The van der Waals surface area contributed by atoms with Crippen molar-refractivity contribution in [3.05, 3.63) is 11.8 Å². The zero-order valence-electron chi connectivity index (χ0n) is 7.53. The second-order valence-corrected chi connectivity index (χ2v) is 5.28. The van der Waals surface area contributed by atoms with Crippen LogP contribution >= 0.6 is 0 Å². The van der Waals surface area contributed by atoms with E-state index in [4.69, 9.17) is 5.73 Å². The molecule has 1 aliphatic rings. The van der Waals surface area contributed by atoms with E-state index in [1.807, 2.05) is 0 Å². The molecule has 7 heteroatoms. The minimum atomic E-state index is -3.22. The second-order valence-electron chi connectivity index (χ2n) is 3.32. The Balaban J connectivity index is 2.17. The molecular weight excluding hydrogens is 204 g/mol. The van der Waals surface area contributed by atoms with Gasteiger partial charge in [-0.2, -0.15) is 5.10 Å². The summed E-state index contributed by atoms with van der Waals surface area (Å²) in [6.45, 7) is 0.263. The number of hydrogen-bond acceptors (Lipinski definition) is 4. The Hall–Kier alpha value is -1.08. The number of nitrogens with one attached hydrogen (secondary N) is 2. The van der Waals surface area contributed by atoms with Gasteiger partial charge in [-0.1, -0.05) is 0 Å². The molecule has 6 nitrogen and oxygen atoms in total. The van der Waals surface area contributed by atoms with Crippen LogP contribution in [-0.2, 0) is 16.6 Å². The average Bonchev–Trinajstić information content (AvgIpc) is 2.89. The van der Waals surface area contributed by atoms with Crippen LogP contribution < -0.4 is 10.5 Å². The highest BCUT2D eigenvalue weighted by Gasteiger charge is 2.36. The first kappa shape index (κ1) is 9.47. The Bertz CT molecular complexity index is 421. The summed E-state index contributed by atoms with van der Waals surface area (Å²) in [5, 5.41) is 6.06. The summed E-state index contributed by atoms with van der Waals surface area (Å²) in [5.41, 5.74) is 6.09. The smallest absolute Gasteiger partial charge is 0.236 e. The standard InChI is InChI=1S/C7H12N4O2S/c8-3-5-4-9-10-7(5)11-14(12,13)6-1-2-6/h4,6H,1-3,8H2,(H2,9,10,11). The summed E-state index contributed by atoms with van der Waals surface area (Å²) in [5.74, 6) is 0.388. The minimum absolute atomic E-state index is 0.239. The maximum Gasteiger partial charge on any atom is 0.236 e. The van der Waals surface area contributed by atoms with Gasteiger partial charge in [0.05, 0.1) is 11.4 Å². The lowest BCUT2D eigenvalue weighted by molar-refractivity contribution is 0.599. The highest BCUT2D eigenvalue weighted by molar-refractivity contribution is 7.93. The third-order valence-corrected chi connectivity index (χ3v) is 3.98. The van der Waals surface area contributed by atoms with Crippen LogP contribution in [0.1, 0.15) is 18.4 Å². The summed E-state index contributed by atoms with van der Waals surface area (Å²) in [4.78, 5) is 0. The lowest BCUT2D eigenvalue weighted by Gasteiger charge is -2.05. The monoisotopic (exact) mass is 216 g/mol. The summed E-state index contributed by atoms with van der Waals surface area (Å²) in [6, 6.07) is 0. The Labute approximate surface area is 81.9 Å². The van der Waals surface area contributed by atoms with E-state index in [-0.39, 0.29) is 11.8 Å². The average molecular weight is 216 g/mol. The molecule has 0 saturated heterocycles. The zero-order valence-corrected chi connectivity index (χ0v) is 8.34. The maximum absolute atomic E-state index is 11.5. The summed E-state index contributed by atoms with van der Waals surface area (Å²) in [7, 11) is -3.22. The SMILES string of the molecule is NCc1cn[nH]c1NS(=O)(=O)C1CC1. The molecule has 4 N–H and O–H groups in total. The first-order chi connectivity index (χ1) is 6.63. The van der Waals surface area contributed by atoms with Gasteiger partial charge in [-0.05, 0) is 12.8 Å². The van der Waals surface area contributed by atoms with Gasteiger partial charge in [0, 0.05) is 12.1 Å². The highest BCUT2D eigenvalue weighted by Crippen LogP contribution is 2.29. The number of rotatable bonds is 4. The van der Waals surface area contributed by atoms with Gasteiger partial charge in [0.25, 0.3) is 0 Å². The van der Waals surface area contributed by atoms with Gasteiger partial charge in [-0.25, -0.2) is 8.42 Å². The van der Waals surface area contributed by atoms with Gasteiger partial charge in [0.15, 0.2) is 0 Å². The molecule has 1 heterocycles. The minimum Gasteiger partial charge on any atom is -0.326 e. The fourth-order valence-electron chi connectivity index (χ4n) is 1.16. The van der Waals surface area contributed by atoms with Crippen molar-refractivity contribution in [2.24, 2.45) is 5.73 Å². The van der Waals surface area contributed by atoms with Gasteiger partial charge in [0.1, 0.15) is 5.82 Å². The number of aromatic amines is 1. The molecule has 0 amide bonds. The van der Waals surface area contributed by atoms with Gasteiger partial charge >= 0.3 is 0 Å². The first-order valence-corrected chi connectivity index (χ1v) is 5.92. The molecule has 1 aromatic heterocycles. The number of anilines is 1. The lowest BCUT2D eigenvalue weighted by atomic mass is 10.3. The Kier molecular flexibility index (Phi) is 2.20. The van der Waals surface area contributed by atoms with E-state index in [1.54, 1.807) is 0 Å². The maximum atomic E-state index is 11.5. The molecule has 0 bridgehead atoms. The van der Waals surface area contributed by atoms with E-state index in [2.05, 4.69) is 14.9 Å². The normalized spacial score (nSPS) is 16.9. The fraction of sp³-hybridized carbons (Fsp3) is 0.571. The van der Waals surface area contributed by atoms with Gasteiger partial charge in [-0.15, -0.1) is 0 Å². The number of nitrogens with two attached hydrogens (primary N) is 1. The topological polar surface area (TPSA) is 101 Å². The molecule has 1 fully saturated rings. The van der Waals surface area contributed by atoms with E-state index in [0.717, 1.165) is 12.8 Å². The van der Waals surface area contributed by atoms with Crippen molar-refractivity contribution in [3.8, 4) is 0 Å². The van der Waals surface area contributed by atoms with Crippen molar-refractivity contribution in [2.45, 2.75) is 24.6 Å². The molecule has 0 atom stereocenters. The van der Waals surface area contributed by atoms with Gasteiger partial charge in [-0.3, -0.25) is 9.82 Å². The van der Waals surface area contributed by atoms with Gasteiger partial charge < -0.3 is 5.73 Å². The van der Waals surface area contributed by atoms with Crippen molar-refractivity contribution >= 4 is 15.8 Å². The van der Waals surface area contributed by atoms with Crippen molar-refractivity contribution in [3.63, 3.8) is 0 Å². The fourth-order valence-corrected chi connectivity index (χ4v) is 2.54. The summed E-state index contributed by atoms with van der Waals surface area (Å²) >= 11 is 0. The number of sulfonamides is 1. The van der Waals surface area contributed by atoms with Crippen molar-refractivity contribution < 1.29 is 8.42 Å². The van der Waals surface area contributed by atoms with Crippen LogP contribution in [0.15, 0.2) is 6.20 Å². The summed E-state index contributed by atoms with van der Waals surface area (Å²) in [6.07, 6.45) is 2.99. The molecule has 14 heavy (non-hydrogen) atoms. The third kappa shape index (κ3) is 1.73. The van der Waals surface area contributed by atoms with E-state index in [9.17, 15) is 8.42 Å². The van der Waals surface area contributed by atoms with Crippen molar-refractivity contribution in [1.29, 1.82) is 0 Å². The number of H-pyrrole nitrogens is 1. The lowest BCUT2D eigenvalue weighted by Crippen LogP contribution is -2.18. The molecule has 0 unspecified atom stereocenters. The molecule has 0 spiro atoms. The Morgan fingerprint density at radius 3 is 2.93 bits per heavy atom. The highest BCUT2D eigenvalue weighted by atomic mass is 32.2. The molecule has 1 aromatic rings. The number of hydrogen-bond donors (Lipinski definition) is 3. The molecule has 1 aliphatic carbocycles. The van der Waals surface area contributed by atoms with E-state index < -0.39 is 10.0 Å². The second kappa shape index (κ2) is 3.25. The molecule has 0 radical (unpaired) electrons. The number of nitrogens with zero attached hydrogens (tertiary/aromatic N) is 1. The van der Waals surface area contributed by atoms with Crippen LogP contribution in [0, 0.1) is 0 Å². The molecule has 0 aromatic carbocycles. The van der Waals surface area contributed by atoms with E-state index >= 15 is 0 Å². The quantitative estimate of drug-likeness (QED) is 0.647. The molecule has 1 saturated carbocycles.